The molecule has 0 saturated carbocycles. The van der Waals surface area contributed by atoms with Crippen molar-refractivity contribution in [3.8, 4) is 0 Å². The highest BCUT2D eigenvalue weighted by molar-refractivity contribution is 6.02. The van der Waals surface area contributed by atoms with E-state index in [9.17, 15) is 9.59 Å². The molecule has 1 fully saturated rings. The van der Waals surface area contributed by atoms with E-state index in [1.807, 2.05) is 73.3 Å². The van der Waals surface area contributed by atoms with Crippen LogP contribution >= 0.6 is 0 Å². The van der Waals surface area contributed by atoms with Crippen molar-refractivity contribution in [2.45, 2.75) is 46.1 Å². The van der Waals surface area contributed by atoms with E-state index in [0.717, 1.165) is 35.3 Å². The fourth-order valence-corrected chi connectivity index (χ4v) is 4.65. The lowest BCUT2D eigenvalue weighted by atomic mass is 9.95. The van der Waals surface area contributed by atoms with Crippen molar-refractivity contribution >= 4 is 23.3 Å². The Kier molecular flexibility index (Phi) is 7.31. The molecule has 3 aromatic carbocycles. The third-order valence-electron chi connectivity index (χ3n) is 6.39. The number of hydrogen-bond donors (Lipinski definition) is 1. The van der Waals surface area contributed by atoms with Gasteiger partial charge >= 0.3 is 6.03 Å². The summed E-state index contributed by atoms with van der Waals surface area (Å²) in [5.74, 6) is -0.300. The average molecular weight is 456 g/mol. The number of urea groups is 1. The molecule has 5 heteroatoms. The monoisotopic (exact) mass is 455 g/mol. The minimum absolute atomic E-state index is 0.0257. The molecule has 5 nitrogen and oxygen atoms in total. The van der Waals surface area contributed by atoms with Gasteiger partial charge < -0.3 is 10.2 Å². The van der Waals surface area contributed by atoms with Crippen LogP contribution in [0.2, 0.25) is 0 Å². The maximum atomic E-state index is 13.5. The third kappa shape index (κ3) is 5.30. The molecule has 0 spiro atoms. The van der Waals surface area contributed by atoms with E-state index in [4.69, 9.17) is 0 Å². The van der Waals surface area contributed by atoms with Crippen LogP contribution in [0.5, 0.6) is 0 Å². The lowest BCUT2D eigenvalue weighted by Gasteiger charge is -2.36. The molecule has 1 unspecified atom stereocenters. The summed E-state index contributed by atoms with van der Waals surface area (Å²) in [6, 6.07) is 24.0. The number of amides is 3. The Hall–Kier alpha value is -3.60. The van der Waals surface area contributed by atoms with E-state index in [1.54, 1.807) is 4.90 Å². The van der Waals surface area contributed by atoms with Crippen LogP contribution in [-0.4, -0.2) is 29.9 Å². The Morgan fingerprint density at radius 3 is 2.44 bits per heavy atom. The summed E-state index contributed by atoms with van der Waals surface area (Å²) in [7, 11) is 0. The van der Waals surface area contributed by atoms with Gasteiger partial charge in [0.15, 0.2) is 0 Å². The molecule has 0 bridgehead atoms. The molecule has 4 rings (SSSR count). The highest BCUT2D eigenvalue weighted by atomic mass is 16.2. The number of aryl methyl sites for hydroxylation is 2. The van der Waals surface area contributed by atoms with Crippen molar-refractivity contribution in [1.29, 1.82) is 0 Å². The fourth-order valence-electron chi connectivity index (χ4n) is 4.65. The normalized spacial score (nSPS) is 14.7. The van der Waals surface area contributed by atoms with Crippen molar-refractivity contribution in [2.24, 2.45) is 0 Å². The quantitative estimate of drug-likeness (QED) is 0.457. The van der Waals surface area contributed by atoms with Crippen LogP contribution in [0.1, 0.15) is 47.9 Å². The van der Waals surface area contributed by atoms with Crippen LogP contribution in [0.3, 0.4) is 0 Å². The van der Waals surface area contributed by atoms with Crippen molar-refractivity contribution < 1.29 is 9.59 Å². The molecule has 1 heterocycles. The summed E-state index contributed by atoms with van der Waals surface area (Å²) in [4.78, 5) is 30.5. The van der Waals surface area contributed by atoms with Gasteiger partial charge in [0.1, 0.15) is 0 Å². The first-order chi connectivity index (χ1) is 16.5. The number of nitrogens with one attached hydrogen (secondary N) is 1. The number of carbonyl (C=O) groups excluding carboxylic acids is 2. The number of benzene rings is 3. The van der Waals surface area contributed by atoms with Gasteiger partial charge in [-0.25, -0.2) is 4.79 Å². The Bertz CT molecular complexity index is 1160. The minimum atomic E-state index is -0.246. The summed E-state index contributed by atoms with van der Waals surface area (Å²) in [5.41, 5.74) is 5.78. The number of hydrogen-bond acceptors (Lipinski definition) is 2. The van der Waals surface area contributed by atoms with Crippen molar-refractivity contribution in [3.05, 3.63) is 95.1 Å². The van der Waals surface area contributed by atoms with Crippen LogP contribution in [0.15, 0.2) is 72.8 Å². The lowest BCUT2D eigenvalue weighted by molar-refractivity contribution is -0.117. The standard InChI is InChI=1S/C29H33N3O2/c1-4-25(24-12-6-5-7-13-24)28(33)30-26-19-22(3)14-15-27(26)32-17-9-16-31(29(32)34)20-23-11-8-10-21(2)18-23/h5-8,10-15,18-19,25H,4,9,16-17,20H2,1-3H3,(H,30,33). The molecule has 34 heavy (non-hydrogen) atoms. The smallest absolute Gasteiger partial charge is 0.324 e. The number of rotatable bonds is 7. The number of anilines is 2. The van der Waals surface area contributed by atoms with Gasteiger partial charge in [-0.05, 0) is 55.5 Å². The zero-order chi connectivity index (χ0) is 24.1. The first-order valence-electron chi connectivity index (χ1n) is 12.0. The predicted octanol–water partition coefficient (Wildman–Crippen LogP) is 6.27. The Morgan fingerprint density at radius 2 is 1.71 bits per heavy atom. The SMILES string of the molecule is CCC(C(=O)Nc1cc(C)ccc1N1CCCN(Cc2cccc(C)c2)C1=O)c1ccccc1. The number of carbonyl (C=O) groups is 2. The molecule has 0 aromatic heterocycles. The Labute approximate surface area is 202 Å². The summed E-state index contributed by atoms with van der Waals surface area (Å²) < 4.78 is 0. The van der Waals surface area contributed by atoms with Gasteiger partial charge in [-0.2, -0.15) is 0 Å². The Balaban J connectivity index is 1.57. The third-order valence-corrected chi connectivity index (χ3v) is 6.39. The largest absolute Gasteiger partial charge is 0.324 e. The van der Waals surface area contributed by atoms with Gasteiger partial charge in [0.2, 0.25) is 5.91 Å². The Morgan fingerprint density at radius 1 is 0.941 bits per heavy atom. The van der Waals surface area contributed by atoms with Gasteiger partial charge in [0, 0.05) is 19.6 Å². The molecular weight excluding hydrogens is 422 g/mol. The zero-order valence-electron chi connectivity index (χ0n) is 20.3. The van der Waals surface area contributed by atoms with Gasteiger partial charge in [-0.1, -0.05) is 73.2 Å². The van der Waals surface area contributed by atoms with Crippen molar-refractivity contribution in [3.63, 3.8) is 0 Å². The molecule has 3 aromatic rings. The topological polar surface area (TPSA) is 52.7 Å². The van der Waals surface area contributed by atoms with Gasteiger partial charge in [0.05, 0.1) is 17.3 Å². The highest BCUT2D eigenvalue weighted by Gasteiger charge is 2.29. The first-order valence-corrected chi connectivity index (χ1v) is 12.0. The second-order valence-electron chi connectivity index (χ2n) is 9.08. The zero-order valence-corrected chi connectivity index (χ0v) is 20.3. The molecular formula is C29H33N3O2. The molecule has 1 N–H and O–H groups in total. The van der Waals surface area contributed by atoms with E-state index in [1.165, 1.54) is 5.56 Å². The van der Waals surface area contributed by atoms with Gasteiger partial charge in [-0.15, -0.1) is 0 Å². The second-order valence-corrected chi connectivity index (χ2v) is 9.08. The van der Waals surface area contributed by atoms with Crippen LogP contribution in [-0.2, 0) is 11.3 Å². The predicted molar refractivity (Wildman–Crippen MR) is 138 cm³/mol. The van der Waals surface area contributed by atoms with Crippen molar-refractivity contribution in [1.82, 2.24) is 4.90 Å². The van der Waals surface area contributed by atoms with Crippen LogP contribution in [0.4, 0.5) is 16.2 Å². The fraction of sp³-hybridized carbons (Fsp3) is 0.310. The molecule has 1 atom stereocenters. The molecule has 0 radical (unpaired) electrons. The van der Waals surface area contributed by atoms with E-state index in [0.29, 0.717) is 25.2 Å². The van der Waals surface area contributed by atoms with Crippen LogP contribution in [0, 0.1) is 13.8 Å². The second kappa shape index (κ2) is 10.6. The molecule has 1 aliphatic heterocycles. The molecule has 176 valence electrons. The highest BCUT2D eigenvalue weighted by Crippen LogP contribution is 2.32. The van der Waals surface area contributed by atoms with E-state index >= 15 is 0 Å². The van der Waals surface area contributed by atoms with Crippen LogP contribution < -0.4 is 10.2 Å². The first kappa shape index (κ1) is 23.6. The van der Waals surface area contributed by atoms with Gasteiger partial charge in [0.25, 0.3) is 0 Å². The summed E-state index contributed by atoms with van der Waals surface area (Å²) in [6.45, 7) is 8.01. The average Bonchev–Trinajstić information content (AvgIpc) is 2.82. The maximum Gasteiger partial charge on any atom is 0.324 e. The maximum absolute atomic E-state index is 13.5. The van der Waals surface area contributed by atoms with Gasteiger partial charge in [-0.3, -0.25) is 9.69 Å². The molecule has 3 amide bonds. The number of nitrogens with zero attached hydrogens (tertiary/aromatic N) is 2. The van der Waals surface area contributed by atoms with E-state index < -0.39 is 0 Å². The molecule has 0 aliphatic carbocycles. The summed E-state index contributed by atoms with van der Waals surface area (Å²) in [5, 5.41) is 3.14. The minimum Gasteiger partial charge on any atom is -0.324 e. The molecule has 1 aliphatic rings. The summed E-state index contributed by atoms with van der Waals surface area (Å²) in [6.07, 6.45) is 1.57. The lowest BCUT2D eigenvalue weighted by Crippen LogP contribution is -2.49. The van der Waals surface area contributed by atoms with E-state index in [2.05, 4.69) is 30.4 Å². The summed E-state index contributed by atoms with van der Waals surface area (Å²) >= 11 is 0. The van der Waals surface area contributed by atoms with E-state index in [-0.39, 0.29) is 17.9 Å². The van der Waals surface area contributed by atoms with Crippen molar-refractivity contribution in [2.75, 3.05) is 23.3 Å². The van der Waals surface area contributed by atoms with Crippen LogP contribution in [0.25, 0.3) is 0 Å². The molecule has 1 saturated heterocycles.